The second kappa shape index (κ2) is 6.13. The van der Waals surface area contributed by atoms with Crippen molar-refractivity contribution in [2.75, 3.05) is 19.6 Å². The van der Waals surface area contributed by atoms with E-state index in [1.165, 1.54) is 12.8 Å². The van der Waals surface area contributed by atoms with E-state index in [1.807, 2.05) is 4.57 Å². The van der Waals surface area contributed by atoms with Gasteiger partial charge in [-0.25, -0.2) is 4.79 Å². The van der Waals surface area contributed by atoms with Gasteiger partial charge in [0.25, 0.3) is 0 Å². The lowest BCUT2D eigenvalue weighted by atomic mass is 9.93. The molecule has 1 saturated heterocycles. The molecule has 0 bridgehead atoms. The van der Waals surface area contributed by atoms with Crippen LogP contribution in [-0.4, -0.2) is 50.4 Å². The number of fused-ring (bicyclic) bond motifs is 1. The number of carbonyl (C=O) groups is 1. The Morgan fingerprint density at radius 1 is 1.29 bits per heavy atom. The molecule has 1 atom stereocenters. The van der Waals surface area contributed by atoms with Crippen molar-refractivity contribution in [3.63, 3.8) is 0 Å². The Morgan fingerprint density at radius 3 is 2.71 bits per heavy atom. The summed E-state index contributed by atoms with van der Waals surface area (Å²) in [7, 11) is 0. The van der Waals surface area contributed by atoms with E-state index in [4.69, 9.17) is 0 Å². The first-order valence-corrected chi connectivity index (χ1v) is 8.06. The first kappa shape index (κ1) is 14.5. The van der Waals surface area contributed by atoms with Crippen molar-refractivity contribution < 1.29 is 9.90 Å². The van der Waals surface area contributed by atoms with Gasteiger partial charge in [-0.3, -0.25) is 0 Å². The maximum Gasteiger partial charge on any atom is 0.326 e. The highest BCUT2D eigenvalue weighted by Crippen LogP contribution is 2.28. The summed E-state index contributed by atoms with van der Waals surface area (Å²) in [5.74, 6) is 1.59. The number of hydrogen-bond donors (Lipinski definition) is 1. The fourth-order valence-electron chi connectivity index (χ4n) is 3.61. The molecule has 1 aromatic heterocycles. The number of carboxylic acid groups (broad SMARTS) is 1. The van der Waals surface area contributed by atoms with E-state index in [0.29, 0.717) is 12.3 Å². The van der Waals surface area contributed by atoms with Gasteiger partial charge in [-0.2, -0.15) is 0 Å². The van der Waals surface area contributed by atoms with Crippen LogP contribution in [0.5, 0.6) is 0 Å². The predicted octanol–water partition coefficient (Wildman–Crippen LogP) is 1.51. The molecule has 1 fully saturated rings. The minimum atomic E-state index is -0.752. The van der Waals surface area contributed by atoms with Crippen LogP contribution >= 0.6 is 0 Å². The van der Waals surface area contributed by atoms with E-state index in [2.05, 4.69) is 22.0 Å². The molecule has 1 unspecified atom stereocenters. The van der Waals surface area contributed by atoms with Crippen LogP contribution in [-0.2, 0) is 17.6 Å². The largest absolute Gasteiger partial charge is 0.480 e. The highest BCUT2D eigenvalue weighted by atomic mass is 16.4. The maximum absolute atomic E-state index is 11.5. The molecular weight excluding hydrogens is 268 g/mol. The zero-order chi connectivity index (χ0) is 14.8. The summed E-state index contributed by atoms with van der Waals surface area (Å²) in [6.45, 7) is 5.61. The molecule has 21 heavy (non-hydrogen) atoms. The predicted molar refractivity (Wildman–Crippen MR) is 78.2 cm³/mol. The van der Waals surface area contributed by atoms with Crippen LogP contribution in [0, 0.1) is 5.92 Å². The van der Waals surface area contributed by atoms with E-state index in [-0.39, 0.29) is 0 Å². The van der Waals surface area contributed by atoms with Crippen molar-refractivity contribution in [3.05, 3.63) is 11.6 Å². The fraction of sp³-hybridized carbons (Fsp3) is 0.800. The fourth-order valence-corrected chi connectivity index (χ4v) is 3.61. The van der Waals surface area contributed by atoms with Crippen LogP contribution in [0.3, 0.4) is 0 Å². The molecule has 0 radical (unpaired) electrons. The minimum Gasteiger partial charge on any atom is -0.480 e. The average Bonchev–Trinajstić information content (AvgIpc) is 2.91. The van der Waals surface area contributed by atoms with Gasteiger partial charge in [0.15, 0.2) is 0 Å². The molecule has 6 nitrogen and oxygen atoms in total. The number of aromatic nitrogens is 3. The van der Waals surface area contributed by atoms with E-state index in [9.17, 15) is 9.90 Å². The number of hydrogen-bond acceptors (Lipinski definition) is 4. The van der Waals surface area contributed by atoms with Crippen molar-refractivity contribution in [2.24, 2.45) is 5.92 Å². The van der Waals surface area contributed by atoms with Crippen molar-refractivity contribution in [2.45, 2.75) is 51.5 Å². The molecule has 0 spiro atoms. The van der Waals surface area contributed by atoms with Gasteiger partial charge in [-0.1, -0.05) is 6.92 Å². The van der Waals surface area contributed by atoms with E-state index < -0.39 is 12.0 Å². The van der Waals surface area contributed by atoms with Crippen molar-refractivity contribution in [1.29, 1.82) is 0 Å². The van der Waals surface area contributed by atoms with Crippen LogP contribution in [0.25, 0.3) is 0 Å². The van der Waals surface area contributed by atoms with Gasteiger partial charge >= 0.3 is 5.97 Å². The lowest BCUT2D eigenvalue weighted by Crippen LogP contribution is -2.34. The zero-order valence-electron chi connectivity index (χ0n) is 12.7. The van der Waals surface area contributed by atoms with Gasteiger partial charge in [0, 0.05) is 12.8 Å². The quantitative estimate of drug-likeness (QED) is 0.911. The summed E-state index contributed by atoms with van der Waals surface area (Å²) in [5.41, 5.74) is 0. The van der Waals surface area contributed by atoms with Gasteiger partial charge in [0.2, 0.25) is 0 Å². The lowest BCUT2D eigenvalue weighted by Gasteiger charge is -2.31. The summed E-state index contributed by atoms with van der Waals surface area (Å²) >= 11 is 0. The SMILES string of the molecule is CCN1CCC(Cc2nnc3n2C(C(=O)O)CCC3)CC1. The third-order valence-corrected chi connectivity index (χ3v) is 4.94. The Labute approximate surface area is 125 Å². The van der Waals surface area contributed by atoms with Crippen LogP contribution in [0.1, 0.15) is 50.3 Å². The zero-order valence-corrected chi connectivity index (χ0v) is 12.7. The van der Waals surface area contributed by atoms with Crippen molar-refractivity contribution >= 4 is 5.97 Å². The molecule has 1 aromatic rings. The first-order valence-electron chi connectivity index (χ1n) is 8.06. The van der Waals surface area contributed by atoms with E-state index >= 15 is 0 Å². The van der Waals surface area contributed by atoms with Crippen LogP contribution in [0.2, 0.25) is 0 Å². The molecular formula is C15H24N4O2. The van der Waals surface area contributed by atoms with E-state index in [1.54, 1.807) is 0 Å². The first-order chi connectivity index (χ1) is 10.2. The molecule has 116 valence electrons. The summed E-state index contributed by atoms with van der Waals surface area (Å²) in [6.07, 6.45) is 5.66. The monoisotopic (exact) mass is 292 g/mol. The van der Waals surface area contributed by atoms with Gasteiger partial charge in [-0.15, -0.1) is 10.2 Å². The van der Waals surface area contributed by atoms with Crippen molar-refractivity contribution in [1.82, 2.24) is 19.7 Å². The standard InChI is InChI=1S/C15H24N4O2/c1-2-18-8-6-11(7-9-18)10-14-17-16-13-5-3-4-12(15(20)21)19(13)14/h11-12H,2-10H2,1H3,(H,20,21). The normalized spacial score (nSPS) is 24.0. The van der Waals surface area contributed by atoms with Crippen LogP contribution < -0.4 is 0 Å². The maximum atomic E-state index is 11.5. The van der Waals surface area contributed by atoms with Crippen molar-refractivity contribution in [3.8, 4) is 0 Å². The highest BCUT2D eigenvalue weighted by molar-refractivity contribution is 5.72. The molecule has 0 aliphatic carbocycles. The van der Waals surface area contributed by atoms with Gasteiger partial charge < -0.3 is 14.6 Å². The van der Waals surface area contributed by atoms with Crippen LogP contribution in [0.15, 0.2) is 0 Å². The number of nitrogens with zero attached hydrogens (tertiary/aromatic N) is 4. The lowest BCUT2D eigenvalue weighted by molar-refractivity contribution is -0.141. The number of likely N-dealkylation sites (tertiary alicyclic amines) is 1. The molecule has 0 amide bonds. The molecule has 6 heteroatoms. The molecule has 3 rings (SSSR count). The second-order valence-electron chi connectivity index (χ2n) is 6.23. The molecule has 2 aliphatic heterocycles. The number of aliphatic carboxylic acids is 1. The third-order valence-electron chi connectivity index (χ3n) is 4.94. The molecule has 1 N–H and O–H groups in total. The van der Waals surface area contributed by atoms with E-state index in [0.717, 1.165) is 50.5 Å². The Hall–Kier alpha value is -1.43. The summed E-state index contributed by atoms with van der Waals surface area (Å²) in [6, 6.07) is -0.463. The molecule has 2 aliphatic rings. The van der Waals surface area contributed by atoms with Gasteiger partial charge in [0.1, 0.15) is 17.7 Å². The molecule has 0 saturated carbocycles. The molecule has 0 aromatic carbocycles. The summed E-state index contributed by atoms with van der Waals surface area (Å²) < 4.78 is 1.90. The molecule has 3 heterocycles. The third kappa shape index (κ3) is 2.95. The summed E-state index contributed by atoms with van der Waals surface area (Å²) in [4.78, 5) is 13.9. The average molecular weight is 292 g/mol. The number of carboxylic acids is 1. The van der Waals surface area contributed by atoms with Gasteiger partial charge in [0.05, 0.1) is 0 Å². The Bertz CT molecular complexity index is 506. The van der Waals surface area contributed by atoms with Crippen LogP contribution in [0.4, 0.5) is 0 Å². The Balaban J connectivity index is 1.72. The number of rotatable bonds is 4. The van der Waals surface area contributed by atoms with Gasteiger partial charge in [-0.05, 0) is 51.2 Å². The number of aryl methyl sites for hydroxylation is 1. The minimum absolute atomic E-state index is 0.463. The highest BCUT2D eigenvalue weighted by Gasteiger charge is 2.31. The summed E-state index contributed by atoms with van der Waals surface area (Å²) in [5, 5.41) is 17.9. The Kier molecular flexibility index (Phi) is 4.24. The second-order valence-corrected chi connectivity index (χ2v) is 6.23. The Morgan fingerprint density at radius 2 is 2.05 bits per heavy atom. The number of piperidine rings is 1. The smallest absolute Gasteiger partial charge is 0.326 e. The topological polar surface area (TPSA) is 71.2 Å².